The van der Waals surface area contributed by atoms with Crippen LogP contribution in [0.4, 0.5) is 5.69 Å². The molecule has 0 aliphatic rings. The summed E-state index contributed by atoms with van der Waals surface area (Å²) in [5.74, 6) is 3.33. The highest BCUT2D eigenvalue weighted by molar-refractivity contribution is 7.80. The molecule has 0 amide bonds. The second kappa shape index (κ2) is 12.0. The van der Waals surface area contributed by atoms with E-state index in [0.717, 1.165) is 28.3 Å². The number of hydrogen-bond acceptors (Lipinski definition) is 6. The van der Waals surface area contributed by atoms with Crippen LogP contribution in [-0.4, -0.2) is 45.6 Å². The zero-order valence-electron chi connectivity index (χ0n) is 20.1. The number of rotatable bonds is 10. The molecule has 0 radical (unpaired) electrons. The Bertz CT molecular complexity index is 1090. The van der Waals surface area contributed by atoms with Crippen molar-refractivity contribution in [1.29, 1.82) is 0 Å². The first-order chi connectivity index (χ1) is 16.5. The van der Waals surface area contributed by atoms with Gasteiger partial charge >= 0.3 is 0 Å². The van der Waals surface area contributed by atoms with E-state index in [1.165, 1.54) is 0 Å². The Morgan fingerprint density at radius 2 is 1.26 bits per heavy atom. The van der Waals surface area contributed by atoms with Crippen molar-refractivity contribution in [2.45, 2.75) is 13.1 Å². The minimum absolute atomic E-state index is 0.484. The predicted molar refractivity (Wildman–Crippen MR) is 138 cm³/mol. The number of nitrogens with one attached hydrogen (secondary N) is 1. The largest absolute Gasteiger partial charge is 0.497 e. The molecule has 0 aliphatic heterocycles. The van der Waals surface area contributed by atoms with E-state index in [4.69, 9.17) is 35.9 Å². The third-order valence-corrected chi connectivity index (χ3v) is 5.67. The van der Waals surface area contributed by atoms with E-state index in [1.54, 1.807) is 35.5 Å². The van der Waals surface area contributed by atoms with Crippen molar-refractivity contribution < 1.29 is 23.7 Å². The van der Waals surface area contributed by atoms with Crippen LogP contribution in [0.15, 0.2) is 60.7 Å². The van der Waals surface area contributed by atoms with Gasteiger partial charge in [0.05, 0.1) is 35.5 Å². The average molecular weight is 483 g/mol. The maximum absolute atomic E-state index is 5.82. The summed E-state index contributed by atoms with van der Waals surface area (Å²) in [5, 5.41) is 3.89. The van der Waals surface area contributed by atoms with Gasteiger partial charge in [-0.05, 0) is 66.3 Å². The molecule has 0 spiro atoms. The molecule has 8 heteroatoms. The number of anilines is 1. The van der Waals surface area contributed by atoms with Crippen molar-refractivity contribution in [3.05, 3.63) is 71.8 Å². The third-order valence-electron chi connectivity index (χ3n) is 5.31. The van der Waals surface area contributed by atoms with Crippen molar-refractivity contribution in [3.8, 4) is 28.7 Å². The van der Waals surface area contributed by atoms with Gasteiger partial charge in [-0.25, -0.2) is 0 Å². The van der Waals surface area contributed by atoms with Crippen LogP contribution in [-0.2, 0) is 13.1 Å². The van der Waals surface area contributed by atoms with Gasteiger partial charge in [-0.15, -0.1) is 0 Å². The standard InChI is InChI=1S/C26H30N2O5S/c1-29-21-11-6-18(7-12-21)16-28(26(34)27-20-9-13-22(30-2)14-10-20)17-19-8-15-23(31-3)25(33-5)24(19)32-4/h6-15H,16-17H2,1-5H3,(H,27,34). The number of nitrogens with zero attached hydrogens (tertiary/aromatic N) is 1. The minimum Gasteiger partial charge on any atom is -0.497 e. The highest BCUT2D eigenvalue weighted by Crippen LogP contribution is 2.40. The molecule has 0 aliphatic carbocycles. The van der Waals surface area contributed by atoms with Crippen LogP contribution in [0, 0.1) is 0 Å². The number of methoxy groups -OCH3 is 5. The predicted octanol–water partition coefficient (Wildman–Crippen LogP) is 5.13. The SMILES string of the molecule is COc1ccc(CN(Cc2ccc(OC)c(OC)c2OC)C(=S)Nc2ccc(OC)cc2)cc1. The number of ether oxygens (including phenoxy) is 5. The number of thiocarbonyl (C=S) groups is 1. The summed E-state index contributed by atoms with van der Waals surface area (Å²) in [7, 11) is 8.09. The Kier molecular flexibility index (Phi) is 8.81. The maximum Gasteiger partial charge on any atom is 0.203 e. The summed E-state index contributed by atoms with van der Waals surface area (Å²) in [6, 6.07) is 19.4. The molecule has 7 nitrogen and oxygen atoms in total. The average Bonchev–Trinajstić information content (AvgIpc) is 2.88. The summed E-state index contributed by atoms with van der Waals surface area (Å²) in [6.07, 6.45) is 0. The second-order valence-electron chi connectivity index (χ2n) is 7.36. The Morgan fingerprint density at radius 1 is 0.676 bits per heavy atom. The molecule has 0 unspecified atom stereocenters. The molecule has 34 heavy (non-hydrogen) atoms. The number of benzene rings is 3. The normalized spacial score (nSPS) is 10.3. The van der Waals surface area contributed by atoms with Crippen LogP contribution >= 0.6 is 12.2 Å². The fraction of sp³-hybridized carbons (Fsp3) is 0.269. The Labute approximate surface area is 206 Å². The van der Waals surface area contributed by atoms with Gasteiger partial charge < -0.3 is 33.9 Å². The van der Waals surface area contributed by atoms with E-state index in [0.29, 0.717) is 35.5 Å². The lowest BCUT2D eigenvalue weighted by Gasteiger charge is -2.27. The van der Waals surface area contributed by atoms with Crippen LogP contribution in [0.2, 0.25) is 0 Å². The zero-order valence-corrected chi connectivity index (χ0v) is 20.9. The van der Waals surface area contributed by atoms with Crippen molar-refractivity contribution >= 4 is 23.0 Å². The van der Waals surface area contributed by atoms with E-state index in [1.807, 2.05) is 60.7 Å². The quantitative estimate of drug-likeness (QED) is 0.399. The van der Waals surface area contributed by atoms with E-state index in [-0.39, 0.29) is 0 Å². The first kappa shape index (κ1) is 25.0. The van der Waals surface area contributed by atoms with Crippen LogP contribution in [0.3, 0.4) is 0 Å². The summed E-state index contributed by atoms with van der Waals surface area (Å²) in [4.78, 5) is 2.06. The summed E-state index contributed by atoms with van der Waals surface area (Å²) in [6.45, 7) is 1.06. The van der Waals surface area contributed by atoms with Crippen molar-refractivity contribution in [3.63, 3.8) is 0 Å². The molecule has 0 atom stereocenters. The van der Waals surface area contributed by atoms with E-state index in [9.17, 15) is 0 Å². The molecule has 0 saturated heterocycles. The molecular formula is C26H30N2O5S. The van der Waals surface area contributed by atoms with Crippen LogP contribution < -0.4 is 29.0 Å². The molecule has 3 aromatic carbocycles. The molecule has 3 aromatic rings. The molecule has 1 N–H and O–H groups in total. The van der Waals surface area contributed by atoms with E-state index in [2.05, 4.69) is 10.2 Å². The van der Waals surface area contributed by atoms with Gasteiger partial charge in [0.2, 0.25) is 5.75 Å². The van der Waals surface area contributed by atoms with Crippen molar-refractivity contribution in [2.75, 3.05) is 40.9 Å². The highest BCUT2D eigenvalue weighted by Gasteiger charge is 2.20. The lowest BCUT2D eigenvalue weighted by Crippen LogP contribution is -2.34. The monoisotopic (exact) mass is 482 g/mol. The van der Waals surface area contributed by atoms with E-state index >= 15 is 0 Å². The molecule has 3 rings (SSSR count). The Hall–Kier alpha value is -3.65. The van der Waals surface area contributed by atoms with Crippen molar-refractivity contribution in [1.82, 2.24) is 4.90 Å². The summed E-state index contributed by atoms with van der Waals surface area (Å²) >= 11 is 5.82. The highest BCUT2D eigenvalue weighted by atomic mass is 32.1. The van der Waals surface area contributed by atoms with E-state index < -0.39 is 0 Å². The number of hydrogen-bond donors (Lipinski definition) is 1. The molecule has 0 saturated carbocycles. The lowest BCUT2D eigenvalue weighted by atomic mass is 10.1. The first-order valence-corrected chi connectivity index (χ1v) is 11.0. The lowest BCUT2D eigenvalue weighted by molar-refractivity contribution is 0.316. The third kappa shape index (κ3) is 6.02. The molecule has 0 heterocycles. The van der Waals surface area contributed by atoms with Gasteiger partial charge in [-0.2, -0.15) is 0 Å². The molecule has 0 aromatic heterocycles. The fourth-order valence-electron chi connectivity index (χ4n) is 3.52. The van der Waals surface area contributed by atoms with Crippen LogP contribution in [0.25, 0.3) is 0 Å². The van der Waals surface area contributed by atoms with Gasteiger partial charge in [0.25, 0.3) is 0 Å². The minimum atomic E-state index is 0.484. The summed E-state index contributed by atoms with van der Waals surface area (Å²) < 4.78 is 27.2. The fourth-order valence-corrected chi connectivity index (χ4v) is 3.77. The Morgan fingerprint density at radius 3 is 1.79 bits per heavy atom. The summed E-state index contributed by atoms with van der Waals surface area (Å²) in [5.41, 5.74) is 2.86. The van der Waals surface area contributed by atoms with Gasteiger partial charge in [0.1, 0.15) is 11.5 Å². The van der Waals surface area contributed by atoms with Crippen LogP contribution in [0.5, 0.6) is 28.7 Å². The maximum atomic E-state index is 5.82. The van der Waals surface area contributed by atoms with Gasteiger partial charge in [0, 0.05) is 24.3 Å². The van der Waals surface area contributed by atoms with Gasteiger partial charge in [0.15, 0.2) is 16.6 Å². The molecule has 0 fully saturated rings. The van der Waals surface area contributed by atoms with Crippen molar-refractivity contribution in [2.24, 2.45) is 0 Å². The Balaban J connectivity index is 1.91. The zero-order chi connectivity index (χ0) is 24.5. The molecule has 180 valence electrons. The molecule has 0 bridgehead atoms. The van der Waals surface area contributed by atoms with Gasteiger partial charge in [-0.3, -0.25) is 0 Å². The van der Waals surface area contributed by atoms with Crippen LogP contribution in [0.1, 0.15) is 11.1 Å². The topological polar surface area (TPSA) is 61.4 Å². The second-order valence-corrected chi connectivity index (χ2v) is 7.74. The molecular weight excluding hydrogens is 452 g/mol. The smallest absolute Gasteiger partial charge is 0.203 e. The first-order valence-electron chi connectivity index (χ1n) is 10.6. The van der Waals surface area contributed by atoms with Gasteiger partial charge in [-0.1, -0.05) is 12.1 Å².